The van der Waals surface area contributed by atoms with E-state index in [4.69, 9.17) is 83.0 Å². The van der Waals surface area contributed by atoms with Gasteiger partial charge < -0.3 is 73.3 Å². The Morgan fingerprint density at radius 2 is 1.18 bits per heavy atom. The van der Waals surface area contributed by atoms with Crippen molar-refractivity contribution >= 4 is 59.3 Å². The van der Waals surface area contributed by atoms with E-state index in [2.05, 4.69) is 20.4 Å². The van der Waals surface area contributed by atoms with E-state index in [1.54, 1.807) is 31.7 Å². The van der Waals surface area contributed by atoms with E-state index in [-0.39, 0.29) is 79.6 Å². The number of aromatic nitrogens is 1. The minimum Gasteiger partial charge on any atom is -0.657 e. The zero-order valence-electron chi connectivity index (χ0n) is 42.9. The summed E-state index contributed by atoms with van der Waals surface area (Å²) < 4.78 is 39.8. The van der Waals surface area contributed by atoms with Gasteiger partial charge in [-0.2, -0.15) is 0 Å². The van der Waals surface area contributed by atoms with Gasteiger partial charge in [0.25, 0.3) is 0 Å². The summed E-state index contributed by atoms with van der Waals surface area (Å²) in [6.07, 6.45) is 11.7. The minimum atomic E-state index is -1.08. The number of carboxylic acid groups (broad SMARTS) is 2. The van der Waals surface area contributed by atoms with Crippen molar-refractivity contribution in [2.75, 3.05) is 106 Å². The third kappa shape index (κ3) is 24.6. The van der Waals surface area contributed by atoms with Crippen LogP contribution in [-0.2, 0) is 46.1 Å². The van der Waals surface area contributed by atoms with Gasteiger partial charge in [0.05, 0.1) is 114 Å². The van der Waals surface area contributed by atoms with Crippen molar-refractivity contribution in [3.63, 3.8) is 0 Å². The zero-order chi connectivity index (χ0) is 52.4. The second-order valence-corrected chi connectivity index (χ2v) is 15.6. The molecule has 3 N–H and O–H groups in total. The molecule has 0 saturated carbocycles. The van der Waals surface area contributed by atoms with Gasteiger partial charge in [-0.1, -0.05) is 37.1 Å². The molecule has 0 spiro atoms. The van der Waals surface area contributed by atoms with E-state index >= 15 is 0 Å². The van der Waals surface area contributed by atoms with Crippen LogP contribution < -0.4 is 24.7 Å². The summed E-state index contributed by atoms with van der Waals surface area (Å²) in [4.78, 5) is 42.4. The van der Waals surface area contributed by atoms with Gasteiger partial charge in [-0.15, -0.1) is 18.0 Å². The number of carbonyl (C=O) groups is 2. The van der Waals surface area contributed by atoms with Crippen molar-refractivity contribution in [2.45, 2.75) is 80.1 Å². The van der Waals surface area contributed by atoms with Crippen LogP contribution in [0.4, 0.5) is 11.4 Å². The summed E-state index contributed by atoms with van der Waals surface area (Å²) in [5.41, 5.74) is 11.7. The van der Waals surface area contributed by atoms with E-state index in [1.807, 2.05) is 26.0 Å². The second-order valence-electron chi connectivity index (χ2n) is 15.6. The van der Waals surface area contributed by atoms with Crippen LogP contribution in [0.5, 0.6) is 11.5 Å². The molecule has 2 aliphatic heterocycles. The van der Waals surface area contributed by atoms with Gasteiger partial charge in [-0.05, 0) is 88.5 Å². The van der Waals surface area contributed by atoms with Crippen LogP contribution in [-0.4, -0.2) is 157 Å². The third-order valence-corrected chi connectivity index (χ3v) is 10.4. The monoisotopic (exact) mass is 1150 g/mol. The maximum absolute atomic E-state index is 9.81. The fourth-order valence-corrected chi connectivity index (χ4v) is 7.02. The summed E-state index contributed by atoms with van der Waals surface area (Å²) in [5, 5.41) is 46.0. The number of ether oxygens (including phenoxy) is 7. The predicted molar refractivity (Wildman–Crippen MR) is 272 cm³/mol. The fraction of sp³-hybridized carbons (Fsp3) is 0.538. The van der Waals surface area contributed by atoms with Gasteiger partial charge in [0, 0.05) is 44.4 Å². The molecule has 1 aromatic heterocycles. The number of nitrogens with zero attached hydrogens (tertiary/aromatic N) is 5. The Balaban J connectivity index is 0.00000267. The first kappa shape index (κ1) is 65.7. The molecule has 19 nitrogen and oxygen atoms in total. The van der Waals surface area contributed by atoms with Crippen LogP contribution in [0.25, 0.3) is 12.2 Å². The number of rotatable bonds is 33. The quantitative estimate of drug-likeness (QED) is 0.0676. The molecule has 0 unspecified atom stereocenters. The summed E-state index contributed by atoms with van der Waals surface area (Å²) in [7, 11) is 1.63. The van der Waals surface area contributed by atoms with Crippen LogP contribution >= 0.6 is 0 Å². The third-order valence-electron chi connectivity index (χ3n) is 10.4. The number of hydrogen-bond donors (Lipinski definition) is 3. The number of aliphatic carboxylic acids is 2. The van der Waals surface area contributed by atoms with Gasteiger partial charge in [0.15, 0.2) is 11.5 Å². The average Bonchev–Trinajstić information content (AvgIpc) is 3.98. The topological polar surface area (TPSA) is 269 Å². The molecule has 0 bridgehead atoms. The smallest absolute Gasteiger partial charge is 0.657 e. The van der Waals surface area contributed by atoms with Crippen molar-refractivity contribution in [1.29, 1.82) is 0 Å². The van der Waals surface area contributed by atoms with Crippen LogP contribution in [0.2, 0.25) is 0 Å². The van der Waals surface area contributed by atoms with E-state index in [0.29, 0.717) is 107 Å². The number of allylic oxidation sites excluding steroid dienone is 3. The Morgan fingerprint density at radius 1 is 0.708 bits per heavy atom. The number of methoxy groups -OCH3 is 1. The zero-order valence-corrected chi connectivity index (χ0v) is 45.2. The first-order valence-electron chi connectivity index (χ1n) is 23.8. The van der Waals surface area contributed by atoms with E-state index in [1.165, 1.54) is 16.7 Å². The number of aliphatic imine (C=N–C) groups is 4. The molecule has 1 radical (unpaired) electrons. The number of benzene rings is 1. The van der Waals surface area contributed by atoms with E-state index in [0.717, 1.165) is 72.6 Å². The Labute approximate surface area is 456 Å². The number of aliphatic hydroxyl groups is 3. The molecule has 0 saturated heterocycles. The summed E-state index contributed by atoms with van der Waals surface area (Å²) >= 11 is 0. The van der Waals surface area contributed by atoms with E-state index < -0.39 is 11.9 Å². The van der Waals surface area contributed by atoms with Gasteiger partial charge >= 0.3 is 39.9 Å². The number of carbonyl (C=O) groups excluding carboxylic acids is 2. The minimum absolute atomic E-state index is 0. The molecule has 1 aromatic carbocycles. The maximum Gasteiger partial charge on any atom is 3.00 e. The summed E-state index contributed by atoms with van der Waals surface area (Å²) in [5.74, 6) is -1.28. The molecule has 399 valence electrons. The molecular weight excluding hydrogens is 1080 g/mol. The standard InChI is InChI=1S/C48H68N5O10.2C2H4O2.Gd/c1-7-37-38(8-2)41(52-40(37)9-3)28-42-39(13-11-15-55)35(5)46(53-42)33-51-44-30-48(63-27-25-61-23-22-59-19-18-57-6)47(62-26-24-60-21-20-58-17-16-56)29-43(44)50-32-45-34(4)36(31-49-45)12-10-14-54;2*1-2(3)4;/h9,28-30,32-33,54-56H,3,7-8,10-27,31H2,1-2,4-6H3;2*1H3,(H,3,4);/q-1;;;+3/p-2/b42-28+,50-32?,51-33?;;;. The molecule has 2 aromatic rings. The van der Waals surface area contributed by atoms with Crippen molar-refractivity contribution < 1.29 is 108 Å². The van der Waals surface area contributed by atoms with Crippen molar-refractivity contribution in [3.8, 4) is 11.5 Å². The van der Waals surface area contributed by atoms with Crippen LogP contribution in [0.15, 0.2) is 66.7 Å². The Morgan fingerprint density at radius 3 is 1.67 bits per heavy atom. The first-order chi connectivity index (χ1) is 34.3. The summed E-state index contributed by atoms with van der Waals surface area (Å²) in [6, 6.07) is 3.59. The molecule has 3 heterocycles. The Kier molecular flexibility index (Phi) is 35.8. The van der Waals surface area contributed by atoms with Crippen molar-refractivity contribution in [1.82, 2.24) is 4.98 Å². The van der Waals surface area contributed by atoms with E-state index in [9.17, 15) is 10.2 Å². The van der Waals surface area contributed by atoms with Crippen molar-refractivity contribution in [2.24, 2.45) is 20.0 Å². The van der Waals surface area contributed by atoms with Crippen LogP contribution in [0, 0.1) is 39.9 Å². The maximum atomic E-state index is 9.81. The van der Waals surface area contributed by atoms with Crippen molar-refractivity contribution in [3.05, 3.63) is 69.2 Å². The van der Waals surface area contributed by atoms with Crippen LogP contribution in [0.3, 0.4) is 0 Å². The second kappa shape index (κ2) is 39.2. The van der Waals surface area contributed by atoms with Gasteiger partial charge in [0.2, 0.25) is 0 Å². The average molecular weight is 1150 g/mol. The Hall–Kier alpha value is -4.32. The normalized spacial score (nSPS) is 13.8. The Bertz CT molecular complexity index is 2170. The predicted octanol–water partition coefficient (Wildman–Crippen LogP) is 3.92. The largest absolute Gasteiger partial charge is 3.00 e. The first-order valence-corrected chi connectivity index (χ1v) is 23.8. The number of carboxylic acids is 2. The van der Waals surface area contributed by atoms with Gasteiger partial charge in [-0.3, -0.25) is 15.0 Å². The SMILES string of the molecule is C=Cc1[n-]c(/C=C2/N=C(C=Nc3cc(OCCOCCOCCOC)c(OCCOCCOCCO)cc3N=CC3=NCC(CCCO)=C3C)C(C)=C2CCCO)c(CC)c1CC.CC(=O)[O-].CC(=O)[O-].[Gd+3]. The molecule has 0 atom stereocenters. The molecular formula is C52H74GdN5O14. The van der Waals surface area contributed by atoms with Crippen LogP contribution in [0.1, 0.15) is 89.7 Å². The molecule has 2 aliphatic rings. The summed E-state index contributed by atoms with van der Waals surface area (Å²) in [6.45, 7) is 18.8. The molecule has 0 amide bonds. The number of aliphatic hydroxyl groups excluding tert-OH is 3. The number of hydrogen-bond acceptors (Lipinski definition) is 18. The van der Waals surface area contributed by atoms with Gasteiger partial charge in [0.1, 0.15) is 13.2 Å². The molecule has 0 fully saturated rings. The molecule has 20 heteroatoms. The molecule has 0 aliphatic carbocycles. The van der Waals surface area contributed by atoms with Gasteiger partial charge in [-0.25, -0.2) is 4.99 Å². The molecule has 4 rings (SSSR count). The fourth-order valence-electron chi connectivity index (χ4n) is 7.02. The molecule has 72 heavy (non-hydrogen) atoms.